The molecule has 11 aromatic rings. The largest absolute Gasteiger partial charge is 0.456 e. The second kappa shape index (κ2) is 15.1. The van der Waals surface area contributed by atoms with Crippen LogP contribution in [0, 0.1) is 0 Å². The summed E-state index contributed by atoms with van der Waals surface area (Å²) in [5.74, 6) is 0.847. The van der Waals surface area contributed by atoms with Gasteiger partial charge in [-0.3, -0.25) is 0 Å². The molecule has 10 aromatic carbocycles. The van der Waals surface area contributed by atoms with Crippen molar-refractivity contribution in [1.82, 2.24) is 0 Å². The van der Waals surface area contributed by atoms with Crippen LogP contribution < -0.4 is 4.90 Å². The molecular weight excluding hydrogens is 727 g/mol. The van der Waals surface area contributed by atoms with Crippen LogP contribution in [0.15, 0.2) is 241 Å². The van der Waals surface area contributed by atoms with Crippen molar-refractivity contribution in [2.75, 3.05) is 4.90 Å². The third kappa shape index (κ3) is 6.41. The summed E-state index contributed by atoms with van der Waals surface area (Å²) < 4.78 is 6.36. The predicted octanol–water partition coefficient (Wildman–Crippen LogP) is 16.5. The van der Waals surface area contributed by atoms with E-state index < -0.39 is 0 Å². The van der Waals surface area contributed by atoms with Crippen LogP contribution in [0.2, 0.25) is 0 Å². The molecule has 2 nitrogen and oxygen atoms in total. The van der Waals surface area contributed by atoms with Gasteiger partial charge in [-0.1, -0.05) is 182 Å². The van der Waals surface area contributed by atoms with Crippen molar-refractivity contribution in [1.29, 1.82) is 0 Å². The molecule has 0 N–H and O–H groups in total. The van der Waals surface area contributed by atoms with Gasteiger partial charge in [0.2, 0.25) is 0 Å². The maximum atomic E-state index is 6.36. The van der Waals surface area contributed by atoms with E-state index in [0.717, 1.165) is 44.9 Å². The highest BCUT2D eigenvalue weighted by atomic mass is 16.3. The van der Waals surface area contributed by atoms with E-state index in [1.165, 1.54) is 60.5 Å². The van der Waals surface area contributed by atoms with Gasteiger partial charge in [-0.25, -0.2) is 0 Å². The van der Waals surface area contributed by atoms with Gasteiger partial charge in [0.15, 0.2) is 0 Å². The van der Waals surface area contributed by atoms with Gasteiger partial charge in [0, 0.05) is 28.0 Å². The Bertz CT molecular complexity index is 3270. The minimum atomic E-state index is 0.847. The molecule has 0 fully saturated rings. The third-order valence-electron chi connectivity index (χ3n) is 11.7. The Balaban J connectivity index is 1.01. The van der Waals surface area contributed by atoms with E-state index in [1.807, 2.05) is 18.2 Å². The summed E-state index contributed by atoms with van der Waals surface area (Å²) in [6, 6.07) is 84.8. The lowest BCUT2D eigenvalue weighted by Gasteiger charge is -2.26. The third-order valence-corrected chi connectivity index (χ3v) is 11.7. The number of nitrogens with zero attached hydrogens (tertiary/aromatic N) is 1. The molecule has 60 heavy (non-hydrogen) atoms. The van der Waals surface area contributed by atoms with Gasteiger partial charge in [-0.15, -0.1) is 0 Å². The fraction of sp³-hybridized carbons (Fsp3) is 0. The first kappa shape index (κ1) is 35.2. The molecule has 0 amide bonds. The molecule has 0 unspecified atom stereocenters. The van der Waals surface area contributed by atoms with Gasteiger partial charge in [0.1, 0.15) is 11.3 Å². The zero-order valence-electron chi connectivity index (χ0n) is 32.9. The van der Waals surface area contributed by atoms with Gasteiger partial charge in [-0.05, 0) is 121 Å². The second-order valence-electron chi connectivity index (χ2n) is 15.3. The van der Waals surface area contributed by atoms with Crippen LogP contribution in [0.3, 0.4) is 0 Å². The molecule has 1 heterocycles. The molecule has 0 aliphatic heterocycles. The van der Waals surface area contributed by atoms with E-state index >= 15 is 0 Å². The molecule has 0 aliphatic carbocycles. The molecular formula is C58H39NO. The lowest BCUT2D eigenvalue weighted by atomic mass is 9.89. The summed E-state index contributed by atoms with van der Waals surface area (Å²) in [6.07, 6.45) is 0. The monoisotopic (exact) mass is 765 g/mol. The minimum absolute atomic E-state index is 0.847. The van der Waals surface area contributed by atoms with Crippen LogP contribution in [0.5, 0.6) is 0 Å². The van der Waals surface area contributed by atoms with Crippen molar-refractivity contribution in [3.8, 4) is 55.8 Å². The number of anilines is 3. The molecule has 0 spiro atoms. The first-order chi connectivity index (χ1) is 29.7. The van der Waals surface area contributed by atoms with Crippen molar-refractivity contribution in [2.24, 2.45) is 0 Å². The SMILES string of the molecule is c1ccc(-c2ccccc2-c2ccccc2-c2ccc(N(c3ccc(-c4cc5ccccc5c5ccccc45)cc3)c3cccc(-c4cc5ccccc5o4)c3)cc2)cc1. The Labute approximate surface area is 349 Å². The van der Waals surface area contributed by atoms with Crippen molar-refractivity contribution in [3.05, 3.63) is 237 Å². The minimum Gasteiger partial charge on any atom is -0.456 e. The number of para-hydroxylation sites is 1. The fourth-order valence-electron chi connectivity index (χ4n) is 8.80. The number of hydrogen-bond donors (Lipinski definition) is 0. The van der Waals surface area contributed by atoms with E-state index in [-0.39, 0.29) is 0 Å². The molecule has 0 saturated heterocycles. The van der Waals surface area contributed by atoms with Crippen molar-refractivity contribution in [2.45, 2.75) is 0 Å². The maximum absolute atomic E-state index is 6.36. The van der Waals surface area contributed by atoms with Crippen LogP contribution in [-0.4, -0.2) is 0 Å². The van der Waals surface area contributed by atoms with E-state index in [2.05, 4.69) is 223 Å². The van der Waals surface area contributed by atoms with E-state index in [1.54, 1.807) is 0 Å². The van der Waals surface area contributed by atoms with Crippen LogP contribution >= 0.6 is 0 Å². The number of furan rings is 1. The highest BCUT2D eigenvalue weighted by Crippen LogP contribution is 2.43. The Morgan fingerprint density at radius 3 is 1.43 bits per heavy atom. The molecule has 0 atom stereocenters. The first-order valence-corrected chi connectivity index (χ1v) is 20.5. The summed E-state index contributed by atoms with van der Waals surface area (Å²) in [5, 5.41) is 6.12. The summed E-state index contributed by atoms with van der Waals surface area (Å²) >= 11 is 0. The normalized spacial score (nSPS) is 11.3. The van der Waals surface area contributed by atoms with Crippen LogP contribution in [0.1, 0.15) is 0 Å². The summed E-state index contributed by atoms with van der Waals surface area (Å²) in [7, 11) is 0. The number of benzene rings is 10. The smallest absolute Gasteiger partial charge is 0.135 e. The van der Waals surface area contributed by atoms with Gasteiger partial charge in [-0.2, -0.15) is 0 Å². The molecule has 1 aromatic heterocycles. The van der Waals surface area contributed by atoms with E-state index in [4.69, 9.17) is 4.42 Å². The first-order valence-electron chi connectivity index (χ1n) is 20.5. The standard InChI is InChI=1S/C58H39NO/c1-2-15-40(16-3-1)49-21-7-9-24-52(49)53-25-10-8-22-50(53)41-29-33-46(34-30-41)59(48-20-14-19-44(37-48)58-39-45-18-5-13-28-57(45)60-58)47-35-31-42(32-36-47)56-38-43-17-4-6-23-51(43)54-26-11-12-27-55(54)56/h1-39H. The summed E-state index contributed by atoms with van der Waals surface area (Å²) in [6.45, 7) is 0. The molecule has 11 rings (SSSR count). The molecule has 0 saturated carbocycles. The average Bonchev–Trinajstić information content (AvgIpc) is 3.77. The Morgan fingerprint density at radius 2 is 0.767 bits per heavy atom. The van der Waals surface area contributed by atoms with Crippen LogP contribution in [0.25, 0.3) is 88.3 Å². The summed E-state index contributed by atoms with van der Waals surface area (Å²) in [4.78, 5) is 2.34. The predicted molar refractivity (Wildman–Crippen MR) is 253 cm³/mol. The highest BCUT2D eigenvalue weighted by Gasteiger charge is 2.18. The number of hydrogen-bond acceptors (Lipinski definition) is 2. The van der Waals surface area contributed by atoms with Gasteiger partial charge < -0.3 is 9.32 Å². The second-order valence-corrected chi connectivity index (χ2v) is 15.3. The maximum Gasteiger partial charge on any atom is 0.135 e. The Kier molecular flexibility index (Phi) is 8.87. The molecule has 282 valence electrons. The van der Waals surface area contributed by atoms with Gasteiger partial charge in [0.25, 0.3) is 0 Å². The van der Waals surface area contributed by atoms with Crippen LogP contribution in [0.4, 0.5) is 17.1 Å². The zero-order chi connectivity index (χ0) is 39.8. The Hall–Kier alpha value is -7.94. The van der Waals surface area contributed by atoms with Gasteiger partial charge >= 0.3 is 0 Å². The zero-order valence-corrected chi connectivity index (χ0v) is 32.9. The van der Waals surface area contributed by atoms with Crippen molar-refractivity contribution < 1.29 is 4.42 Å². The van der Waals surface area contributed by atoms with Crippen molar-refractivity contribution in [3.63, 3.8) is 0 Å². The lowest BCUT2D eigenvalue weighted by Crippen LogP contribution is -2.10. The summed E-state index contributed by atoms with van der Waals surface area (Å²) in [5.41, 5.74) is 14.7. The number of rotatable bonds is 8. The molecule has 0 aliphatic rings. The van der Waals surface area contributed by atoms with Crippen molar-refractivity contribution >= 4 is 49.6 Å². The molecule has 0 bridgehead atoms. The molecule has 2 heteroatoms. The molecule has 0 radical (unpaired) electrons. The lowest BCUT2D eigenvalue weighted by molar-refractivity contribution is 0.631. The fourth-order valence-corrected chi connectivity index (χ4v) is 8.80. The highest BCUT2D eigenvalue weighted by molar-refractivity contribution is 6.13. The van der Waals surface area contributed by atoms with E-state index in [0.29, 0.717) is 0 Å². The topological polar surface area (TPSA) is 16.4 Å². The van der Waals surface area contributed by atoms with Crippen LogP contribution in [-0.2, 0) is 0 Å². The van der Waals surface area contributed by atoms with E-state index in [9.17, 15) is 0 Å². The average molecular weight is 766 g/mol. The Morgan fingerprint density at radius 1 is 0.267 bits per heavy atom. The quantitative estimate of drug-likeness (QED) is 0.143. The van der Waals surface area contributed by atoms with Gasteiger partial charge in [0.05, 0.1) is 0 Å². The number of fused-ring (bicyclic) bond motifs is 4.